The van der Waals surface area contributed by atoms with E-state index in [1.807, 2.05) is 0 Å². The molecule has 0 saturated heterocycles. The summed E-state index contributed by atoms with van der Waals surface area (Å²) in [6.45, 7) is 4.62. The highest BCUT2D eigenvalue weighted by molar-refractivity contribution is 9.10. The molecule has 1 fully saturated rings. The maximum Gasteiger partial charge on any atom is 0.0348 e. The Bertz CT molecular complexity index is 402. The Kier molecular flexibility index (Phi) is 4.85. The van der Waals surface area contributed by atoms with Crippen molar-refractivity contribution in [2.45, 2.75) is 45.6 Å². The molecule has 1 N–H and O–H groups in total. The number of nitrogens with one attached hydrogen (secondary N) is 1. The summed E-state index contributed by atoms with van der Waals surface area (Å²) in [5.74, 6) is 1.67. The molecule has 100 valence electrons. The van der Waals surface area contributed by atoms with Crippen molar-refractivity contribution in [1.29, 1.82) is 0 Å². The summed E-state index contributed by atoms with van der Waals surface area (Å²) in [4.78, 5) is 0. The smallest absolute Gasteiger partial charge is 0.0348 e. The highest BCUT2D eigenvalue weighted by atomic mass is 79.9. The normalized spacial score (nSPS) is 26.0. The summed E-state index contributed by atoms with van der Waals surface area (Å²) in [6.07, 6.45) is 5.53. The molecule has 0 spiro atoms. The first-order valence-electron chi connectivity index (χ1n) is 7.05. The van der Waals surface area contributed by atoms with Crippen LogP contribution in [-0.2, 0) is 0 Å². The molecule has 0 amide bonds. The second-order valence-electron chi connectivity index (χ2n) is 5.80. The van der Waals surface area contributed by atoms with Gasteiger partial charge in [-0.25, -0.2) is 0 Å². The van der Waals surface area contributed by atoms with Gasteiger partial charge in [-0.2, -0.15) is 0 Å². The minimum Gasteiger partial charge on any atom is -0.313 e. The van der Waals surface area contributed by atoms with Gasteiger partial charge in [0.25, 0.3) is 0 Å². The van der Waals surface area contributed by atoms with E-state index in [1.54, 1.807) is 0 Å². The Labute approximate surface area is 119 Å². The molecule has 3 unspecified atom stereocenters. The first kappa shape index (κ1) is 14.1. The molecular formula is C16H24BrN. The molecule has 0 bridgehead atoms. The molecule has 2 heteroatoms. The Hall–Kier alpha value is -0.340. The number of halogens is 1. The Morgan fingerprint density at radius 1 is 1.33 bits per heavy atom. The first-order chi connectivity index (χ1) is 8.61. The van der Waals surface area contributed by atoms with Crippen molar-refractivity contribution >= 4 is 15.9 Å². The van der Waals surface area contributed by atoms with Gasteiger partial charge in [0.1, 0.15) is 0 Å². The highest BCUT2D eigenvalue weighted by Gasteiger charge is 2.27. The molecule has 3 atom stereocenters. The van der Waals surface area contributed by atoms with Crippen molar-refractivity contribution in [3.05, 3.63) is 33.8 Å². The van der Waals surface area contributed by atoms with Crippen molar-refractivity contribution in [2.75, 3.05) is 7.05 Å². The number of hydrogen-bond donors (Lipinski definition) is 1. The largest absolute Gasteiger partial charge is 0.313 e. The number of rotatable bonds is 3. The predicted octanol–water partition coefficient (Wildman–Crippen LogP) is 4.84. The molecule has 18 heavy (non-hydrogen) atoms. The molecule has 1 aromatic rings. The Balaban J connectivity index is 2.21. The van der Waals surface area contributed by atoms with Gasteiger partial charge >= 0.3 is 0 Å². The van der Waals surface area contributed by atoms with Crippen LogP contribution in [-0.4, -0.2) is 7.05 Å². The van der Waals surface area contributed by atoms with Gasteiger partial charge in [0.05, 0.1) is 0 Å². The van der Waals surface area contributed by atoms with Gasteiger partial charge in [-0.3, -0.25) is 0 Å². The summed E-state index contributed by atoms with van der Waals surface area (Å²) in [7, 11) is 2.10. The van der Waals surface area contributed by atoms with E-state index in [1.165, 1.54) is 41.3 Å². The van der Waals surface area contributed by atoms with Gasteiger partial charge in [0.15, 0.2) is 0 Å². The van der Waals surface area contributed by atoms with Gasteiger partial charge in [-0.15, -0.1) is 0 Å². The molecule has 0 aromatic heterocycles. The van der Waals surface area contributed by atoms with Gasteiger partial charge in [-0.05, 0) is 61.9 Å². The molecule has 0 heterocycles. The molecule has 0 radical (unpaired) electrons. The third-order valence-corrected chi connectivity index (χ3v) is 4.82. The SMILES string of the molecule is CNC(c1ccc(Br)cc1C)C1CCCC(C)C1. The van der Waals surface area contributed by atoms with Gasteiger partial charge < -0.3 is 5.32 Å². The third-order valence-electron chi connectivity index (χ3n) is 4.33. The van der Waals surface area contributed by atoms with E-state index in [9.17, 15) is 0 Å². The lowest BCUT2D eigenvalue weighted by molar-refractivity contribution is 0.229. The zero-order chi connectivity index (χ0) is 13.1. The van der Waals surface area contributed by atoms with Crippen LogP contribution in [0.1, 0.15) is 49.8 Å². The molecule has 2 rings (SSSR count). The van der Waals surface area contributed by atoms with Gasteiger partial charge in [-0.1, -0.05) is 41.8 Å². The van der Waals surface area contributed by atoms with E-state index >= 15 is 0 Å². The number of aryl methyl sites for hydroxylation is 1. The molecular weight excluding hydrogens is 286 g/mol. The van der Waals surface area contributed by atoms with E-state index in [4.69, 9.17) is 0 Å². The highest BCUT2D eigenvalue weighted by Crippen LogP contribution is 2.38. The summed E-state index contributed by atoms with van der Waals surface area (Å²) in [5, 5.41) is 3.55. The zero-order valence-corrected chi connectivity index (χ0v) is 13.3. The molecule has 1 aliphatic rings. The molecule has 1 nitrogen and oxygen atoms in total. The van der Waals surface area contributed by atoms with Crippen LogP contribution in [0.5, 0.6) is 0 Å². The van der Waals surface area contributed by atoms with Crippen LogP contribution in [0, 0.1) is 18.8 Å². The fourth-order valence-corrected chi connectivity index (χ4v) is 3.89. The second-order valence-corrected chi connectivity index (χ2v) is 6.71. The van der Waals surface area contributed by atoms with Crippen LogP contribution < -0.4 is 5.32 Å². The van der Waals surface area contributed by atoms with Crippen molar-refractivity contribution in [1.82, 2.24) is 5.32 Å². The van der Waals surface area contributed by atoms with Gasteiger partial charge in [0, 0.05) is 10.5 Å². The van der Waals surface area contributed by atoms with Crippen LogP contribution in [0.15, 0.2) is 22.7 Å². The summed E-state index contributed by atoms with van der Waals surface area (Å²) in [6, 6.07) is 7.19. The third kappa shape index (κ3) is 3.16. The van der Waals surface area contributed by atoms with Crippen LogP contribution >= 0.6 is 15.9 Å². The van der Waals surface area contributed by atoms with Gasteiger partial charge in [0.2, 0.25) is 0 Å². The Morgan fingerprint density at radius 3 is 2.72 bits per heavy atom. The Morgan fingerprint density at radius 2 is 2.11 bits per heavy atom. The summed E-state index contributed by atoms with van der Waals surface area (Å²) < 4.78 is 1.18. The van der Waals surface area contributed by atoms with E-state index in [2.05, 4.69) is 60.3 Å². The van der Waals surface area contributed by atoms with E-state index in [-0.39, 0.29) is 0 Å². The maximum absolute atomic E-state index is 3.55. The zero-order valence-electron chi connectivity index (χ0n) is 11.7. The molecule has 0 aliphatic heterocycles. The lowest BCUT2D eigenvalue weighted by Gasteiger charge is -2.34. The number of benzene rings is 1. The molecule has 1 saturated carbocycles. The van der Waals surface area contributed by atoms with E-state index in [0.717, 1.165) is 11.8 Å². The van der Waals surface area contributed by atoms with Crippen LogP contribution in [0.2, 0.25) is 0 Å². The lowest BCUT2D eigenvalue weighted by Crippen LogP contribution is -2.29. The molecule has 1 aliphatic carbocycles. The minimum atomic E-state index is 0.515. The van der Waals surface area contributed by atoms with Crippen LogP contribution in [0.3, 0.4) is 0 Å². The minimum absolute atomic E-state index is 0.515. The maximum atomic E-state index is 3.55. The lowest BCUT2D eigenvalue weighted by atomic mass is 9.76. The van der Waals surface area contributed by atoms with Crippen molar-refractivity contribution in [2.24, 2.45) is 11.8 Å². The van der Waals surface area contributed by atoms with Crippen molar-refractivity contribution in [3.63, 3.8) is 0 Å². The fourth-order valence-electron chi connectivity index (χ4n) is 3.42. The first-order valence-corrected chi connectivity index (χ1v) is 7.84. The topological polar surface area (TPSA) is 12.0 Å². The summed E-state index contributed by atoms with van der Waals surface area (Å²) in [5.41, 5.74) is 2.86. The standard InChI is InChI=1S/C16H24BrN/c1-11-5-4-6-13(9-11)16(18-3)15-8-7-14(17)10-12(15)2/h7-8,10-11,13,16,18H,4-6,9H2,1-3H3. The van der Waals surface area contributed by atoms with Crippen LogP contribution in [0.25, 0.3) is 0 Å². The fraction of sp³-hybridized carbons (Fsp3) is 0.625. The van der Waals surface area contributed by atoms with Crippen molar-refractivity contribution < 1.29 is 0 Å². The van der Waals surface area contributed by atoms with Crippen LogP contribution in [0.4, 0.5) is 0 Å². The summed E-state index contributed by atoms with van der Waals surface area (Å²) >= 11 is 3.55. The van der Waals surface area contributed by atoms with Crippen molar-refractivity contribution in [3.8, 4) is 0 Å². The van der Waals surface area contributed by atoms with E-state index in [0.29, 0.717) is 6.04 Å². The quantitative estimate of drug-likeness (QED) is 0.842. The monoisotopic (exact) mass is 309 g/mol. The second kappa shape index (κ2) is 6.21. The molecule has 1 aromatic carbocycles. The average molecular weight is 310 g/mol. The predicted molar refractivity (Wildman–Crippen MR) is 81.8 cm³/mol. The average Bonchev–Trinajstić information content (AvgIpc) is 2.33. The number of hydrogen-bond acceptors (Lipinski definition) is 1. The van der Waals surface area contributed by atoms with E-state index < -0.39 is 0 Å².